The predicted molar refractivity (Wildman–Crippen MR) is 80.5 cm³/mol. The van der Waals surface area contributed by atoms with E-state index in [1.807, 2.05) is 0 Å². The zero-order valence-electron chi connectivity index (χ0n) is 11.7. The first kappa shape index (κ1) is 13.8. The number of hydrogen-bond donors (Lipinski definition) is 1. The van der Waals surface area contributed by atoms with E-state index in [0.29, 0.717) is 40.2 Å². The number of aromatic nitrogens is 1. The molecule has 0 aliphatic rings. The third-order valence-corrected chi connectivity index (χ3v) is 3.14. The minimum absolute atomic E-state index is 0.393. The lowest BCUT2D eigenvalue weighted by molar-refractivity contribution is -0.105. The van der Waals surface area contributed by atoms with Crippen LogP contribution in [0.25, 0.3) is 22.6 Å². The Kier molecular flexibility index (Phi) is 3.57. The van der Waals surface area contributed by atoms with Crippen molar-refractivity contribution >= 4 is 29.2 Å². The summed E-state index contributed by atoms with van der Waals surface area (Å²) in [5, 5.41) is 2.56. The quantitative estimate of drug-likeness (QED) is 0.591. The van der Waals surface area contributed by atoms with Gasteiger partial charge in [0, 0.05) is 11.3 Å². The van der Waals surface area contributed by atoms with Gasteiger partial charge in [0.2, 0.25) is 12.3 Å². The smallest absolute Gasteiger partial charge is 0.337 e. The van der Waals surface area contributed by atoms with E-state index < -0.39 is 5.97 Å². The second kappa shape index (κ2) is 5.69. The molecule has 6 heteroatoms. The van der Waals surface area contributed by atoms with Crippen LogP contribution in [0.15, 0.2) is 46.9 Å². The molecule has 1 amide bonds. The van der Waals surface area contributed by atoms with Crippen molar-refractivity contribution in [1.29, 1.82) is 0 Å². The molecule has 0 fully saturated rings. The summed E-state index contributed by atoms with van der Waals surface area (Å²) >= 11 is 0. The van der Waals surface area contributed by atoms with Gasteiger partial charge in [0.15, 0.2) is 5.58 Å². The van der Waals surface area contributed by atoms with Gasteiger partial charge in [-0.2, -0.15) is 0 Å². The SMILES string of the molecule is COC(=O)c1cccc(-c2nc3cc(NC=O)ccc3o2)c1. The zero-order chi connectivity index (χ0) is 15.5. The third kappa shape index (κ3) is 2.54. The summed E-state index contributed by atoms with van der Waals surface area (Å²) in [6.07, 6.45) is 0.599. The minimum atomic E-state index is -0.421. The highest BCUT2D eigenvalue weighted by atomic mass is 16.5. The maximum Gasteiger partial charge on any atom is 0.337 e. The lowest BCUT2D eigenvalue weighted by Crippen LogP contribution is -2.00. The van der Waals surface area contributed by atoms with E-state index in [1.54, 1.807) is 42.5 Å². The maximum absolute atomic E-state index is 11.6. The summed E-state index contributed by atoms with van der Waals surface area (Å²) in [6.45, 7) is 0. The van der Waals surface area contributed by atoms with Crippen LogP contribution in [0.4, 0.5) is 5.69 Å². The number of nitrogens with zero attached hydrogens (tertiary/aromatic N) is 1. The van der Waals surface area contributed by atoms with E-state index in [0.717, 1.165) is 0 Å². The van der Waals surface area contributed by atoms with E-state index >= 15 is 0 Å². The van der Waals surface area contributed by atoms with Crippen LogP contribution in [-0.4, -0.2) is 24.5 Å². The summed E-state index contributed by atoms with van der Waals surface area (Å²) in [6, 6.07) is 12.0. The molecule has 0 spiro atoms. The molecule has 0 aliphatic heterocycles. The molecular formula is C16H12N2O4. The molecule has 3 aromatic rings. The number of carbonyl (C=O) groups excluding carboxylic acids is 2. The van der Waals surface area contributed by atoms with Crippen molar-refractivity contribution in [3.05, 3.63) is 48.0 Å². The normalized spacial score (nSPS) is 10.4. The fraction of sp³-hybridized carbons (Fsp3) is 0.0625. The Labute approximate surface area is 125 Å². The molecule has 22 heavy (non-hydrogen) atoms. The van der Waals surface area contributed by atoms with Crippen molar-refractivity contribution < 1.29 is 18.7 Å². The highest BCUT2D eigenvalue weighted by Gasteiger charge is 2.12. The molecule has 0 saturated carbocycles. The minimum Gasteiger partial charge on any atom is -0.465 e. The Morgan fingerprint density at radius 3 is 2.91 bits per heavy atom. The Balaban J connectivity index is 2.03. The number of methoxy groups -OCH3 is 1. The van der Waals surface area contributed by atoms with Crippen LogP contribution in [0.1, 0.15) is 10.4 Å². The van der Waals surface area contributed by atoms with Gasteiger partial charge in [0.25, 0.3) is 0 Å². The summed E-state index contributed by atoms with van der Waals surface area (Å²) < 4.78 is 10.4. The Hall–Kier alpha value is -3.15. The molecule has 1 heterocycles. The van der Waals surface area contributed by atoms with Crippen molar-refractivity contribution in [3.8, 4) is 11.5 Å². The van der Waals surface area contributed by atoms with Gasteiger partial charge in [-0.3, -0.25) is 4.79 Å². The van der Waals surface area contributed by atoms with Crippen molar-refractivity contribution in [3.63, 3.8) is 0 Å². The van der Waals surface area contributed by atoms with Crippen LogP contribution < -0.4 is 5.32 Å². The van der Waals surface area contributed by atoms with E-state index in [-0.39, 0.29) is 0 Å². The number of carbonyl (C=O) groups is 2. The third-order valence-electron chi connectivity index (χ3n) is 3.14. The molecule has 1 N–H and O–H groups in total. The number of rotatable bonds is 4. The molecule has 0 bridgehead atoms. The van der Waals surface area contributed by atoms with Gasteiger partial charge in [0.1, 0.15) is 5.52 Å². The molecule has 0 radical (unpaired) electrons. The first-order valence-corrected chi connectivity index (χ1v) is 6.51. The molecule has 0 atom stereocenters. The van der Waals surface area contributed by atoms with Crippen LogP contribution in [0, 0.1) is 0 Å². The van der Waals surface area contributed by atoms with E-state index in [1.165, 1.54) is 7.11 Å². The zero-order valence-corrected chi connectivity index (χ0v) is 11.7. The second-order valence-electron chi connectivity index (χ2n) is 4.54. The van der Waals surface area contributed by atoms with Gasteiger partial charge in [-0.15, -0.1) is 0 Å². The van der Waals surface area contributed by atoms with Crippen LogP contribution >= 0.6 is 0 Å². The topological polar surface area (TPSA) is 81.4 Å². The standard InChI is InChI=1S/C16H12N2O4/c1-21-16(20)11-4-2-3-10(7-11)15-18-13-8-12(17-9-19)5-6-14(13)22-15/h2-9H,1H3,(H,17,19). The van der Waals surface area contributed by atoms with Crippen molar-refractivity contribution in [2.24, 2.45) is 0 Å². The molecule has 2 aromatic carbocycles. The monoisotopic (exact) mass is 296 g/mol. The summed E-state index contributed by atoms with van der Waals surface area (Å²) in [7, 11) is 1.33. The number of anilines is 1. The average molecular weight is 296 g/mol. The summed E-state index contributed by atoms with van der Waals surface area (Å²) in [5.41, 5.74) is 2.93. The Morgan fingerprint density at radius 1 is 1.27 bits per heavy atom. The molecule has 110 valence electrons. The van der Waals surface area contributed by atoms with Crippen molar-refractivity contribution in [2.75, 3.05) is 12.4 Å². The first-order chi connectivity index (χ1) is 10.7. The number of hydrogen-bond acceptors (Lipinski definition) is 5. The number of ether oxygens (including phenoxy) is 1. The average Bonchev–Trinajstić information content (AvgIpc) is 2.98. The first-order valence-electron chi connectivity index (χ1n) is 6.51. The van der Waals surface area contributed by atoms with E-state index in [9.17, 15) is 9.59 Å². The molecule has 1 aromatic heterocycles. The number of amides is 1. The van der Waals surface area contributed by atoms with Gasteiger partial charge in [-0.25, -0.2) is 9.78 Å². The highest BCUT2D eigenvalue weighted by molar-refractivity contribution is 5.91. The summed E-state index contributed by atoms with van der Waals surface area (Å²) in [5.74, 6) is -0.0283. The molecule has 0 aliphatic carbocycles. The van der Waals surface area contributed by atoms with Crippen molar-refractivity contribution in [1.82, 2.24) is 4.98 Å². The van der Waals surface area contributed by atoms with Gasteiger partial charge < -0.3 is 14.5 Å². The number of oxazole rings is 1. The van der Waals surface area contributed by atoms with Crippen LogP contribution in [-0.2, 0) is 9.53 Å². The Bertz CT molecular complexity index is 854. The van der Waals surface area contributed by atoms with Gasteiger partial charge in [-0.05, 0) is 36.4 Å². The fourth-order valence-corrected chi connectivity index (χ4v) is 2.11. The van der Waals surface area contributed by atoms with Crippen LogP contribution in [0.5, 0.6) is 0 Å². The predicted octanol–water partition coefficient (Wildman–Crippen LogP) is 2.85. The van der Waals surface area contributed by atoms with E-state index in [4.69, 9.17) is 9.15 Å². The number of fused-ring (bicyclic) bond motifs is 1. The van der Waals surface area contributed by atoms with Crippen molar-refractivity contribution in [2.45, 2.75) is 0 Å². The Morgan fingerprint density at radius 2 is 2.14 bits per heavy atom. The molecule has 0 unspecified atom stereocenters. The maximum atomic E-state index is 11.6. The molecule has 6 nitrogen and oxygen atoms in total. The number of benzene rings is 2. The molecule has 0 saturated heterocycles. The fourth-order valence-electron chi connectivity index (χ4n) is 2.11. The largest absolute Gasteiger partial charge is 0.465 e. The highest BCUT2D eigenvalue weighted by Crippen LogP contribution is 2.26. The molecule has 3 rings (SSSR count). The van der Waals surface area contributed by atoms with Gasteiger partial charge in [-0.1, -0.05) is 6.07 Å². The van der Waals surface area contributed by atoms with E-state index in [2.05, 4.69) is 10.3 Å². The van der Waals surface area contributed by atoms with Gasteiger partial charge in [0.05, 0.1) is 12.7 Å². The lowest BCUT2D eigenvalue weighted by atomic mass is 10.1. The van der Waals surface area contributed by atoms with Crippen LogP contribution in [0.2, 0.25) is 0 Å². The summed E-state index contributed by atoms with van der Waals surface area (Å²) in [4.78, 5) is 26.4. The van der Waals surface area contributed by atoms with Gasteiger partial charge >= 0.3 is 5.97 Å². The lowest BCUT2D eigenvalue weighted by Gasteiger charge is -2.00. The molecular weight excluding hydrogens is 284 g/mol. The number of nitrogens with one attached hydrogen (secondary N) is 1. The van der Waals surface area contributed by atoms with Crippen LogP contribution in [0.3, 0.4) is 0 Å². The second-order valence-corrected chi connectivity index (χ2v) is 4.54. The number of esters is 1.